The molecule has 1 aromatic heterocycles. The third kappa shape index (κ3) is 4.41. The molecule has 162 valence electrons. The van der Waals surface area contributed by atoms with Gasteiger partial charge in [0.2, 0.25) is 15.9 Å². The lowest BCUT2D eigenvalue weighted by Gasteiger charge is -2.30. The number of rotatable bonds is 4. The van der Waals surface area contributed by atoms with E-state index in [1.54, 1.807) is 34.3 Å². The summed E-state index contributed by atoms with van der Waals surface area (Å²) in [6.45, 7) is 4.03. The van der Waals surface area contributed by atoms with E-state index in [0.29, 0.717) is 43.5 Å². The fourth-order valence-electron chi connectivity index (χ4n) is 4.21. The summed E-state index contributed by atoms with van der Waals surface area (Å²) >= 11 is 0. The molecule has 8 nitrogen and oxygen atoms in total. The molecule has 1 amide bonds. The van der Waals surface area contributed by atoms with Crippen LogP contribution >= 0.6 is 0 Å². The zero-order chi connectivity index (χ0) is 21.1. The van der Waals surface area contributed by atoms with Gasteiger partial charge in [0, 0.05) is 37.7 Å². The van der Waals surface area contributed by atoms with Crippen molar-refractivity contribution in [1.29, 1.82) is 0 Å². The van der Waals surface area contributed by atoms with Crippen LogP contribution in [0.5, 0.6) is 0 Å². The van der Waals surface area contributed by atoms with Gasteiger partial charge in [-0.2, -0.15) is 9.29 Å². The van der Waals surface area contributed by atoms with Crippen molar-refractivity contribution in [3.63, 3.8) is 0 Å². The fraction of sp³-hybridized carbons (Fsp3) is 0.571. The monoisotopic (exact) mass is 432 g/mol. The molecule has 0 saturated carbocycles. The number of aromatic nitrogens is 2. The van der Waals surface area contributed by atoms with Crippen LogP contribution in [0.15, 0.2) is 33.7 Å². The molecule has 0 N–H and O–H groups in total. The SMILES string of the molecule is Cc1noc(C2CCN(C(=O)c3cccc(S(=O)(=O)N4CCCCCC4)c3)CC2)n1. The Morgan fingerprint density at radius 3 is 2.40 bits per heavy atom. The molecule has 1 aromatic carbocycles. The Bertz CT molecular complexity index is 988. The minimum absolute atomic E-state index is 0.136. The van der Waals surface area contributed by atoms with E-state index in [-0.39, 0.29) is 16.7 Å². The van der Waals surface area contributed by atoms with E-state index >= 15 is 0 Å². The van der Waals surface area contributed by atoms with Crippen molar-refractivity contribution < 1.29 is 17.7 Å². The van der Waals surface area contributed by atoms with Crippen LogP contribution in [-0.4, -0.2) is 59.8 Å². The zero-order valence-corrected chi connectivity index (χ0v) is 18.1. The molecule has 9 heteroatoms. The summed E-state index contributed by atoms with van der Waals surface area (Å²) in [4.78, 5) is 19.3. The molecular formula is C21H28N4O4S. The first-order chi connectivity index (χ1) is 14.4. The molecule has 2 aliphatic heterocycles. The van der Waals surface area contributed by atoms with E-state index in [0.717, 1.165) is 38.5 Å². The fourth-order valence-corrected chi connectivity index (χ4v) is 5.78. The van der Waals surface area contributed by atoms with Gasteiger partial charge in [-0.1, -0.05) is 24.1 Å². The summed E-state index contributed by atoms with van der Waals surface area (Å²) in [5.41, 5.74) is 0.415. The van der Waals surface area contributed by atoms with Gasteiger partial charge in [0.25, 0.3) is 5.91 Å². The van der Waals surface area contributed by atoms with Crippen LogP contribution in [0, 0.1) is 6.92 Å². The quantitative estimate of drug-likeness (QED) is 0.737. The predicted octanol–water partition coefficient (Wildman–Crippen LogP) is 2.96. The largest absolute Gasteiger partial charge is 0.339 e. The highest BCUT2D eigenvalue weighted by Gasteiger charge is 2.29. The molecule has 2 saturated heterocycles. The van der Waals surface area contributed by atoms with Crippen LogP contribution < -0.4 is 0 Å². The maximum absolute atomic E-state index is 13.1. The van der Waals surface area contributed by atoms with E-state index < -0.39 is 10.0 Å². The molecule has 0 atom stereocenters. The Labute approximate surface area is 177 Å². The summed E-state index contributed by atoms with van der Waals surface area (Å²) in [5, 5.41) is 3.84. The molecule has 0 spiro atoms. The van der Waals surface area contributed by atoms with E-state index in [9.17, 15) is 13.2 Å². The smallest absolute Gasteiger partial charge is 0.253 e. The third-order valence-electron chi connectivity index (χ3n) is 5.96. The Kier molecular flexibility index (Phi) is 6.19. The van der Waals surface area contributed by atoms with Gasteiger partial charge in [-0.05, 0) is 50.8 Å². The van der Waals surface area contributed by atoms with Crippen molar-refractivity contribution in [3.05, 3.63) is 41.5 Å². The van der Waals surface area contributed by atoms with Crippen LogP contribution in [0.25, 0.3) is 0 Å². The molecule has 0 bridgehead atoms. The molecule has 2 fully saturated rings. The zero-order valence-electron chi connectivity index (χ0n) is 17.3. The molecule has 30 heavy (non-hydrogen) atoms. The molecule has 0 aliphatic carbocycles. The number of amides is 1. The number of likely N-dealkylation sites (tertiary alicyclic amines) is 1. The number of sulfonamides is 1. The second-order valence-corrected chi connectivity index (χ2v) is 10.0. The number of carbonyl (C=O) groups is 1. The summed E-state index contributed by atoms with van der Waals surface area (Å²) in [6.07, 6.45) is 5.38. The highest BCUT2D eigenvalue weighted by molar-refractivity contribution is 7.89. The normalized spacial score (nSPS) is 19.6. The first-order valence-electron chi connectivity index (χ1n) is 10.6. The molecule has 3 heterocycles. The second kappa shape index (κ2) is 8.85. The standard InChI is InChI=1S/C21H28N4O4S/c1-16-22-20(29-23-16)17-9-13-24(14-10-17)21(26)18-7-6-8-19(15-18)30(27,28)25-11-4-2-3-5-12-25/h6-8,15,17H,2-5,9-14H2,1H3. The number of hydrogen-bond donors (Lipinski definition) is 0. The van der Waals surface area contributed by atoms with Crippen LogP contribution in [0.4, 0.5) is 0 Å². The van der Waals surface area contributed by atoms with Gasteiger partial charge >= 0.3 is 0 Å². The van der Waals surface area contributed by atoms with Crippen molar-refractivity contribution in [3.8, 4) is 0 Å². The lowest BCUT2D eigenvalue weighted by Crippen LogP contribution is -2.38. The summed E-state index contributed by atoms with van der Waals surface area (Å²) < 4.78 is 33.0. The maximum Gasteiger partial charge on any atom is 0.253 e. The molecule has 4 rings (SSSR count). The van der Waals surface area contributed by atoms with Crippen LogP contribution in [0.3, 0.4) is 0 Å². The highest BCUT2D eigenvalue weighted by Crippen LogP contribution is 2.28. The number of hydrogen-bond acceptors (Lipinski definition) is 6. The number of carbonyl (C=O) groups excluding carboxylic acids is 1. The second-order valence-electron chi connectivity index (χ2n) is 8.09. The average Bonchev–Trinajstić information content (AvgIpc) is 3.01. The van der Waals surface area contributed by atoms with Crippen LogP contribution in [-0.2, 0) is 10.0 Å². The van der Waals surface area contributed by atoms with Gasteiger partial charge in [0.15, 0.2) is 5.82 Å². The maximum atomic E-state index is 13.1. The first kappa shape index (κ1) is 21.0. The Hall–Kier alpha value is -2.26. The third-order valence-corrected chi connectivity index (χ3v) is 7.85. The Morgan fingerprint density at radius 1 is 1.07 bits per heavy atom. The molecule has 2 aromatic rings. The molecule has 2 aliphatic rings. The van der Waals surface area contributed by atoms with E-state index in [4.69, 9.17) is 4.52 Å². The highest BCUT2D eigenvalue weighted by atomic mass is 32.2. The predicted molar refractivity (Wildman–Crippen MR) is 111 cm³/mol. The Balaban J connectivity index is 1.45. The number of nitrogens with zero attached hydrogens (tertiary/aromatic N) is 4. The molecular weight excluding hydrogens is 404 g/mol. The summed E-state index contributed by atoms with van der Waals surface area (Å²) in [6, 6.07) is 6.46. The summed E-state index contributed by atoms with van der Waals surface area (Å²) in [5.74, 6) is 1.27. The first-order valence-corrected chi connectivity index (χ1v) is 12.1. The minimum Gasteiger partial charge on any atom is -0.339 e. The van der Waals surface area contributed by atoms with Gasteiger partial charge < -0.3 is 9.42 Å². The lowest BCUT2D eigenvalue weighted by atomic mass is 9.96. The van der Waals surface area contributed by atoms with Gasteiger partial charge in [-0.15, -0.1) is 0 Å². The number of piperidine rings is 1. The molecule has 0 unspecified atom stereocenters. The average molecular weight is 433 g/mol. The van der Waals surface area contributed by atoms with Crippen LogP contribution in [0.2, 0.25) is 0 Å². The van der Waals surface area contributed by atoms with Crippen molar-refractivity contribution in [1.82, 2.24) is 19.3 Å². The topological polar surface area (TPSA) is 96.6 Å². The van der Waals surface area contributed by atoms with Crippen molar-refractivity contribution >= 4 is 15.9 Å². The molecule has 0 radical (unpaired) electrons. The van der Waals surface area contributed by atoms with Crippen molar-refractivity contribution in [2.45, 2.75) is 56.3 Å². The van der Waals surface area contributed by atoms with Crippen molar-refractivity contribution in [2.24, 2.45) is 0 Å². The Morgan fingerprint density at radius 2 is 1.77 bits per heavy atom. The van der Waals surface area contributed by atoms with Gasteiger partial charge in [0.1, 0.15) is 0 Å². The number of aryl methyl sites for hydroxylation is 1. The summed E-state index contributed by atoms with van der Waals surface area (Å²) in [7, 11) is -3.58. The van der Waals surface area contributed by atoms with Gasteiger partial charge in [-0.25, -0.2) is 8.42 Å². The van der Waals surface area contributed by atoms with Crippen LogP contribution in [0.1, 0.15) is 66.5 Å². The number of benzene rings is 1. The van der Waals surface area contributed by atoms with Gasteiger partial charge in [0.05, 0.1) is 4.90 Å². The van der Waals surface area contributed by atoms with E-state index in [1.807, 2.05) is 0 Å². The van der Waals surface area contributed by atoms with E-state index in [2.05, 4.69) is 10.1 Å². The van der Waals surface area contributed by atoms with Crippen molar-refractivity contribution in [2.75, 3.05) is 26.2 Å². The lowest BCUT2D eigenvalue weighted by molar-refractivity contribution is 0.0704. The minimum atomic E-state index is -3.58. The van der Waals surface area contributed by atoms with E-state index in [1.165, 1.54) is 6.07 Å². The van der Waals surface area contributed by atoms with Gasteiger partial charge in [-0.3, -0.25) is 4.79 Å².